The molecule has 2 rings (SSSR count). The highest BCUT2D eigenvalue weighted by Gasteiger charge is 2.23. The molecule has 0 spiro atoms. The molecule has 0 saturated carbocycles. The molecule has 0 aliphatic carbocycles. The summed E-state index contributed by atoms with van der Waals surface area (Å²) >= 11 is 3.32. The molecule has 5 nitrogen and oxygen atoms in total. The summed E-state index contributed by atoms with van der Waals surface area (Å²) in [6.07, 6.45) is 0. The Kier molecular flexibility index (Phi) is 5.04. The monoisotopic (exact) mass is 330 g/mol. The summed E-state index contributed by atoms with van der Waals surface area (Å²) in [5.74, 6) is 0.501. The number of halogens is 1. The highest BCUT2D eigenvalue weighted by molar-refractivity contribution is 9.10. The number of nitrogens with one attached hydrogen (secondary N) is 1. The number of hydrogen-bond acceptors (Lipinski definition) is 5. The van der Waals surface area contributed by atoms with Gasteiger partial charge in [-0.1, -0.05) is 0 Å². The van der Waals surface area contributed by atoms with Gasteiger partial charge < -0.3 is 20.3 Å². The SMILES string of the molecule is COc1cc([C@@H](CO)N2CCNCC2)cc(Br)c1O. The molecule has 1 heterocycles. The zero-order valence-electron chi connectivity index (χ0n) is 10.9. The predicted octanol–water partition coefficient (Wildman–Crippen LogP) is 1.10. The molecule has 1 aliphatic rings. The predicted molar refractivity (Wildman–Crippen MR) is 76.6 cm³/mol. The summed E-state index contributed by atoms with van der Waals surface area (Å²) in [6.45, 7) is 3.68. The van der Waals surface area contributed by atoms with Gasteiger partial charge in [-0.2, -0.15) is 0 Å². The van der Waals surface area contributed by atoms with Crippen molar-refractivity contribution >= 4 is 15.9 Å². The van der Waals surface area contributed by atoms with E-state index in [0.29, 0.717) is 10.2 Å². The molecule has 1 fully saturated rings. The Morgan fingerprint density at radius 3 is 2.68 bits per heavy atom. The van der Waals surface area contributed by atoms with Gasteiger partial charge in [-0.3, -0.25) is 4.90 Å². The van der Waals surface area contributed by atoms with Crippen LogP contribution >= 0.6 is 15.9 Å². The molecule has 0 amide bonds. The maximum absolute atomic E-state index is 9.83. The molecule has 0 unspecified atom stereocenters. The number of rotatable bonds is 4. The zero-order chi connectivity index (χ0) is 13.8. The first-order chi connectivity index (χ1) is 9.17. The Morgan fingerprint density at radius 1 is 1.42 bits per heavy atom. The number of aromatic hydroxyl groups is 1. The fourth-order valence-electron chi connectivity index (χ4n) is 2.37. The summed E-state index contributed by atoms with van der Waals surface area (Å²) < 4.78 is 5.74. The van der Waals surface area contributed by atoms with Crippen LogP contribution in [0.3, 0.4) is 0 Å². The van der Waals surface area contributed by atoms with Gasteiger partial charge in [0.15, 0.2) is 11.5 Å². The Bertz CT molecular complexity index is 436. The molecule has 1 saturated heterocycles. The first-order valence-corrected chi connectivity index (χ1v) is 7.08. The lowest BCUT2D eigenvalue weighted by Gasteiger charge is -2.34. The third-order valence-electron chi connectivity index (χ3n) is 3.42. The summed E-state index contributed by atoms with van der Waals surface area (Å²) in [5.41, 5.74) is 0.936. The molecule has 3 N–H and O–H groups in total. The Balaban J connectivity index is 2.29. The molecule has 6 heteroatoms. The minimum Gasteiger partial charge on any atom is -0.503 e. The molecule has 0 radical (unpaired) electrons. The number of phenols is 1. The van der Waals surface area contributed by atoms with Crippen molar-refractivity contribution in [1.82, 2.24) is 10.2 Å². The smallest absolute Gasteiger partial charge is 0.172 e. The number of benzene rings is 1. The summed E-state index contributed by atoms with van der Waals surface area (Å²) in [7, 11) is 1.52. The van der Waals surface area contributed by atoms with Crippen molar-refractivity contribution in [3.05, 3.63) is 22.2 Å². The van der Waals surface area contributed by atoms with Gasteiger partial charge in [0.1, 0.15) is 0 Å². The van der Waals surface area contributed by atoms with Crippen LogP contribution < -0.4 is 10.1 Å². The van der Waals surface area contributed by atoms with Crippen molar-refractivity contribution in [1.29, 1.82) is 0 Å². The van der Waals surface area contributed by atoms with Crippen LogP contribution in [-0.4, -0.2) is 55.0 Å². The Hall–Kier alpha value is -0.820. The second-order valence-electron chi connectivity index (χ2n) is 4.54. The number of methoxy groups -OCH3 is 1. The van der Waals surface area contributed by atoms with Gasteiger partial charge in [0.05, 0.1) is 24.2 Å². The van der Waals surface area contributed by atoms with Gasteiger partial charge in [-0.25, -0.2) is 0 Å². The minimum absolute atomic E-state index is 0.0420. The van der Waals surface area contributed by atoms with Crippen LogP contribution in [-0.2, 0) is 0 Å². The molecule has 1 aliphatic heterocycles. The van der Waals surface area contributed by atoms with Gasteiger partial charge >= 0.3 is 0 Å². The Morgan fingerprint density at radius 2 is 2.11 bits per heavy atom. The van der Waals surface area contributed by atoms with E-state index < -0.39 is 0 Å². The third-order valence-corrected chi connectivity index (χ3v) is 4.03. The van der Waals surface area contributed by atoms with Crippen LogP contribution in [0.4, 0.5) is 0 Å². The normalized spacial score (nSPS) is 18.3. The standard InChI is InChI=1S/C13H19BrN2O3/c1-19-12-7-9(6-10(14)13(12)18)11(8-17)16-4-2-15-3-5-16/h6-7,11,15,17-18H,2-5,8H2,1H3/t11-/m1/s1. The first kappa shape index (κ1) is 14.6. The summed E-state index contributed by atoms with van der Waals surface area (Å²) in [4.78, 5) is 2.23. The second kappa shape index (κ2) is 6.56. The van der Waals surface area contributed by atoms with E-state index in [4.69, 9.17) is 4.74 Å². The second-order valence-corrected chi connectivity index (χ2v) is 5.39. The van der Waals surface area contributed by atoms with Crippen LogP contribution in [0.25, 0.3) is 0 Å². The molecule has 0 bridgehead atoms. The molecule has 1 aromatic rings. The molecule has 1 atom stereocenters. The van der Waals surface area contributed by atoms with E-state index in [1.165, 1.54) is 7.11 Å². The van der Waals surface area contributed by atoms with E-state index >= 15 is 0 Å². The first-order valence-electron chi connectivity index (χ1n) is 6.29. The van der Waals surface area contributed by atoms with Crippen LogP contribution in [0.2, 0.25) is 0 Å². The van der Waals surface area contributed by atoms with E-state index in [1.54, 1.807) is 6.07 Å². The lowest BCUT2D eigenvalue weighted by atomic mass is 10.0. The van der Waals surface area contributed by atoms with E-state index in [0.717, 1.165) is 31.7 Å². The lowest BCUT2D eigenvalue weighted by molar-refractivity contribution is 0.110. The average molecular weight is 331 g/mol. The van der Waals surface area contributed by atoms with Crippen molar-refractivity contribution in [3.63, 3.8) is 0 Å². The summed E-state index contributed by atoms with van der Waals surface area (Å²) in [5, 5.41) is 22.8. The van der Waals surface area contributed by atoms with Gasteiger partial charge in [0.25, 0.3) is 0 Å². The van der Waals surface area contributed by atoms with Crippen molar-refractivity contribution in [2.24, 2.45) is 0 Å². The maximum Gasteiger partial charge on any atom is 0.172 e. The van der Waals surface area contributed by atoms with E-state index in [9.17, 15) is 10.2 Å². The number of aliphatic hydroxyl groups excluding tert-OH is 1. The van der Waals surface area contributed by atoms with Gasteiger partial charge in [0, 0.05) is 26.2 Å². The molecule has 0 aromatic heterocycles. The molecular formula is C13H19BrN2O3. The number of nitrogens with zero attached hydrogens (tertiary/aromatic N) is 1. The van der Waals surface area contributed by atoms with Crippen molar-refractivity contribution in [2.75, 3.05) is 39.9 Å². The van der Waals surface area contributed by atoms with Crippen LogP contribution in [0.1, 0.15) is 11.6 Å². The molecule has 1 aromatic carbocycles. The number of phenolic OH excluding ortho intramolecular Hbond substituents is 1. The van der Waals surface area contributed by atoms with Gasteiger partial charge in [-0.15, -0.1) is 0 Å². The van der Waals surface area contributed by atoms with E-state index in [1.807, 2.05) is 6.07 Å². The molecular weight excluding hydrogens is 312 g/mol. The minimum atomic E-state index is -0.0760. The zero-order valence-corrected chi connectivity index (χ0v) is 12.5. The lowest BCUT2D eigenvalue weighted by Crippen LogP contribution is -2.46. The molecule has 106 valence electrons. The number of aliphatic hydroxyl groups is 1. The quantitative estimate of drug-likeness (QED) is 0.771. The topological polar surface area (TPSA) is 65.0 Å². The van der Waals surface area contributed by atoms with Gasteiger partial charge in [0.2, 0.25) is 0 Å². The van der Waals surface area contributed by atoms with Crippen LogP contribution in [0.15, 0.2) is 16.6 Å². The van der Waals surface area contributed by atoms with Crippen LogP contribution in [0.5, 0.6) is 11.5 Å². The fraction of sp³-hybridized carbons (Fsp3) is 0.538. The van der Waals surface area contributed by atoms with Crippen molar-refractivity contribution in [2.45, 2.75) is 6.04 Å². The fourth-order valence-corrected chi connectivity index (χ4v) is 2.83. The van der Waals surface area contributed by atoms with Crippen molar-refractivity contribution < 1.29 is 14.9 Å². The van der Waals surface area contributed by atoms with Crippen LogP contribution in [0, 0.1) is 0 Å². The largest absolute Gasteiger partial charge is 0.503 e. The average Bonchev–Trinajstić information content (AvgIpc) is 2.44. The number of hydrogen-bond donors (Lipinski definition) is 3. The Labute approximate surface area is 121 Å². The highest BCUT2D eigenvalue weighted by Crippen LogP contribution is 2.37. The highest BCUT2D eigenvalue weighted by atomic mass is 79.9. The number of ether oxygens (including phenoxy) is 1. The molecule has 19 heavy (non-hydrogen) atoms. The van der Waals surface area contributed by atoms with E-state index in [2.05, 4.69) is 26.1 Å². The summed E-state index contributed by atoms with van der Waals surface area (Å²) in [6, 6.07) is 3.54. The van der Waals surface area contributed by atoms with E-state index in [-0.39, 0.29) is 18.4 Å². The maximum atomic E-state index is 9.83. The van der Waals surface area contributed by atoms with Crippen molar-refractivity contribution in [3.8, 4) is 11.5 Å². The van der Waals surface area contributed by atoms with Gasteiger partial charge in [-0.05, 0) is 33.6 Å². The third kappa shape index (κ3) is 3.20. The number of piperazine rings is 1.